The molecule has 0 N–H and O–H groups in total. The molecule has 0 aromatic heterocycles. The zero-order valence-electron chi connectivity index (χ0n) is 3.59. The molecule has 0 fully saturated rings. The van der Waals surface area contributed by atoms with Gasteiger partial charge in [0.15, 0.2) is 0 Å². The number of hydrogen-bond acceptors (Lipinski definition) is 3. The Morgan fingerprint density at radius 3 is 2.17 bits per heavy atom. The van der Waals surface area contributed by atoms with Gasteiger partial charge in [-0.3, -0.25) is 0 Å². The van der Waals surface area contributed by atoms with Crippen molar-refractivity contribution in [2.45, 2.75) is 10.8 Å². The highest BCUT2D eigenvalue weighted by Gasteiger charge is 1.87. The van der Waals surface area contributed by atoms with Gasteiger partial charge in [0.25, 0.3) is 0 Å². The van der Waals surface area contributed by atoms with Gasteiger partial charge >= 0.3 is 0 Å². The minimum Gasteiger partial charge on any atom is -0.154 e. The molecule has 0 aliphatic carbocycles. The Balaban J connectivity index is 2.63. The monoisotopic (exact) mass is 140 g/mol. The van der Waals surface area contributed by atoms with Crippen LogP contribution in [0.5, 0.6) is 0 Å². The van der Waals surface area contributed by atoms with Crippen LogP contribution >= 0.6 is 37.0 Å². The van der Waals surface area contributed by atoms with Gasteiger partial charge in [-0.25, -0.2) is 0 Å². The van der Waals surface area contributed by atoms with E-state index in [2.05, 4.69) is 32.2 Å². The Hall–Kier alpha value is 1.05. The first-order valence-electron chi connectivity index (χ1n) is 1.75. The highest BCUT2D eigenvalue weighted by atomic mass is 32.2. The lowest BCUT2D eigenvalue weighted by molar-refractivity contribution is 1.53. The predicted molar refractivity (Wildman–Crippen MR) is 39.9 cm³/mol. The molecule has 0 saturated heterocycles. The van der Waals surface area contributed by atoms with Crippen LogP contribution in [0.4, 0.5) is 0 Å². The summed E-state index contributed by atoms with van der Waals surface area (Å²) in [5.41, 5.74) is 0. The maximum Gasteiger partial charge on any atom is 0.0899 e. The van der Waals surface area contributed by atoms with Gasteiger partial charge in [0.2, 0.25) is 0 Å². The molecule has 0 bridgehead atoms. The largest absolute Gasteiger partial charge is 0.154 e. The van der Waals surface area contributed by atoms with Gasteiger partial charge in [0, 0.05) is 0 Å². The smallest absolute Gasteiger partial charge is 0.0899 e. The SMILES string of the molecule is CCSC(S)S. The average Bonchev–Trinajstić information content (AvgIpc) is 1.35. The fourth-order valence-electron chi connectivity index (χ4n) is 0.149. The van der Waals surface area contributed by atoms with Crippen LogP contribution in [0.25, 0.3) is 0 Å². The van der Waals surface area contributed by atoms with Crippen LogP contribution in [0.2, 0.25) is 0 Å². The van der Waals surface area contributed by atoms with E-state index in [1.807, 2.05) is 0 Å². The molecule has 0 saturated carbocycles. The first-order valence-corrected chi connectivity index (χ1v) is 3.83. The van der Waals surface area contributed by atoms with Crippen molar-refractivity contribution in [1.29, 1.82) is 0 Å². The van der Waals surface area contributed by atoms with Gasteiger partial charge in [0.05, 0.1) is 3.91 Å². The second-order valence-electron chi connectivity index (χ2n) is 0.782. The van der Waals surface area contributed by atoms with Crippen LogP contribution in [0.1, 0.15) is 6.92 Å². The molecule has 0 unspecified atom stereocenters. The summed E-state index contributed by atoms with van der Waals surface area (Å²) in [6.07, 6.45) is 0. The summed E-state index contributed by atoms with van der Waals surface area (Å²) >= 11 is 9.73. The molecule has 38 valence electrons. The Bertz CT molecular complexity index is 27.2. The number of thioether (sulfide) groups is 1. The summed E-state index contributed by atoms with van der Waals surface area (Å²) in [4.78, 5) is 0. The van der Waals surface area contributed by atoms with E-state index in [0.29, 0.717) is 0 Å². The van der Waals surface area contributed by atoms with Crippen LogP contribution in [0.15, 0.2) is 0 Å². The molecular weight excluding hydrogens is 132 g/mol. The molecule has 0 rings (SSSR count). The topological polar surface area (TPSA) is 0 Å². The van der Waals surface area contributed by atoms with Gasteiger partial charge in [-0.2, -0.15) is 25.3 Å². The van der Waals surface area contributed by atoms with Crippen molar-refractivity contribution < 1.29 is 0 Å². The average molecular weight is 140 g/mol. The van der Waals surface area contributed by atoms with Crippen molar-refractivity contribution in [1.82, 2.24) is 0 Å². The Morgan fingerprint density at radius 1 is 1.67 bits per heavy atom. The minimum absolute atomic E-state index is 0.204. The van der Waals surface area contributed by atoms with Crippen molar-refractivity contribution in [3.05, 3.63) is 0 Å². The lowest BCUT2D eigenvalue weighted by Gasteiger charge is -1.94. The van der Waals surface area contributed by atoms with Crippen molar-refractivity contribution in [2.24, 2.45) is 0 Å². The summed E-state index contributed by atoms with van der Waals surface area (Å²) in [5, 5.41) is 0. The molecule has 0 heterocycles. The van der Waals surface area contributed by atoms with Gasteiger partial charge < -0.3 is 0 Å². The van der Waals surface area contributed by atoms with Gasteiger partial charge in [-0.15, -0.1) is 11.8 Å². The van der Waals surface area contributed by atoms with Crippen molar-refractivity contribution in [3.8, 4) is 0 Å². The molecular formula is C3H8S3. The molecule has 3 heteroatoms. The predicted octanol–water partition coefficient (Wildman–Crippen LogP) is 1.88. The summed E-state index contributed by atoms with van der Waals surface area (Å²) in [6, 6.07) is 0. The fraction of sp³-hybridized carbons (Fsp3) is 1.00. The lowest BCUT2D eigenvalue weighted by atomic mass is 11.0. The second kappa shape index (κ2) is 4.22. The molecule has 0 aliphatic rings. The second-order valence-corrected chi connectivity index (χ2v) is 4.30. The van der Waals surface area contributed by atoms with Gasteiger partial charge in [-0.05, 0) is 5.75 Å². The summed E-state index contributed by atoms with van der Waals surface area (Å²) in [7, 11) is 0. The molecule has 0 nitrogen and oxygen atoms in total. The maximum absolute atomic E-state index is 4.01. The van der Waals surface area contributed by atoms with Crippen LogP contribution < -0.4 is 0 Å². The standard InChI is InChI=1S/C3H8S3/c1-2-6-3(4)5/h3-5H,2H2,1H3. The molecule has 0 aromatic carbocycles. The van der Waals surface area contributed by atoms with E-state index in [9.17, 15) is 0 Å². The van der Waals surface area contributed by atoms with E-state index in [1.54, 1.807) is 11.8 Å². The number of thiol groups is 2. The summed E-state index contributed by atoms with van der Waals surface area (Å²) in [6.45, 7) is 2.09. The van der Waals surface area contributed by atoms with Crippen LogP contribution in [-0.4, -0.2) is 9.67 Å². The lowest BCUT2D eigenvalue weighted by Crippen LogP contribution is -1.75. The Labute approximate surface area is 53.9 Å². The van der Waals surface area contributed by atoms with E-state index in [1.165, 1.54) is 0 Å². The molecule has 0 aromatic rings. The fourth-order valence-corrected chi connectivity index (χ4v) is 1.34. The summed E-state index contributed by atoms with van der Waals surface area (Å²) in [5.74, 6) is 1.09. The quantitative estimate of drug-likeness (QED) is 0.436. The van der Waals surface area contributed by atoms with Crippen LogP contribution in [0, 0.1) is 0 Å². The Morgan fingerprint density at radius 2 is 2.17 bits per heavy atom. The Kier molecular flexibility index (Phi) is 4.95. The molecule has 0 radical (unpaired) electrons. The highest BCUT2D eigenvalue weighted by molar-refractivity contribution is 8.22. The summed E-state index contributed by atoms with van der Waals surface area (Å²) < 4.78 is 0.204. The van der Waals surface area contributed by atoms with E-state index in [-0.39, 0.29) is 3.91 Å². The minimum atomic E-state index is 0.204. The first kappa shape index (κ1) is 7.05. The first-order chi connectivity index (χ1) is 2.77. The highest BCUT2D eigenvalue weighted by Crippen LogP contribution is 2.16. The van der Waals surface area contributed by atoms with Crippen LogP contribution in [0.3, 0.4) is 0 Å². The third-order valence-corrected chi connectivity index (χ3v) is 1.84. The normalized spacial score (nSPS) is 10.0. The van der Waals surface area contributed by atoms with Crippen molar-refractivity contribution >= 4 is 37.0 Å². The third kappa shape index (κ3) is 5.05. The van der Waals surface area contributed by atoms with E-state index >= 15 is 0 Å². The zero-order valence-corrected chi connectivity index (χ0v) is 6.19. The molecule has 0 spiro atoms. The van der Waals surface area contributed by atoms with Crippen molar-refractivity contribution in [2.75, 3.05) is 5.75 Å². The van der Waals surface area contributed by atoms with Crippen molar-refractivity contribution in [3.63, 3.8) is 0 Å². The van der Waals surface area contributed by atoms with E-state index in [0.717, 1.165) is 5.75 Å². The van der Waals surface area contributed by atoms with E-state index < -0.39 is 0 Å². The van der Waals surface area contributed by atoms with E-state index in [4.69, 9.17) is 0 Å². The molecule has 0 aliphatic heterocycles. The molecule has 0 atom stereocenters. The molecule has 0 amide bonds. The molecule has 6 heavy (non-hydrogen) atoms. The third-order valence-electron chi connectivity index (χ3n) is 0.316. The maximum atomic E-state index is 4.01. The van der Waals surface area contributed by atoms with Gasteiger partial charge in [-0.1, -0.05) is 6.92 Å². The van der Waals surface area contributed by atoms with Gasteiger partial charge in [0.1, 0.15) is 0 Å². The number of rotatable bonds is 2. The zero-order chi connectivity index (χ0) is 4.99. The van der Waals surface area contributed by atoms with Crippen LogP contribution in [-0.2, 0) is 0 Å². The number of hydrogen-bond donors (Lipinski definition) is 2.